The fourth-order valence-corrected chi connectivity index (χ4v) is 6.73. The van der Waals surface area contributed by atoms with Crippen molar-refractivity contribution in [2.24, 2.45) is 0 Å². The molecule has 4 heterocycles. The third kappa shape index (κ3) is 3.24. The lowest BCUT2D eigenvalue weighted by Gasteiger charge is -2.10. The summed E-state index contributed by atoms with van der Waals surface area (Å²) in [6.07, 6.45) is 8.61. The molecule has 0 saturated heterocycles. The highest BCUT2D eigenvalue weighted by atomic mass is 32.1. The maximum atomic E-state index is 5.02. The van der Waals surface area contributed by atoms with E-state index in [1.807, 2.05) is 78.2 Å². The first kappa shape index (κ1) is 21.4. The van der Waals surface area contributed by atoms with Crippen LogP contribution in [0, 0.1) is 0 Å². The highest BCUT2D eigenvalue weighted by molar-refractivity contribution is 7.21. The smallest absolute Gasteiger partial charge is 0.238 e. The Kier molecular flexibility index (Phi) is 4.75. The largest absolute Gasteiger partial charge is 0.276 e. The zero-order valence-electron chi connectivity index (χ0n) is 20.4. The van der Waals surface area contributed by atoms with E-state index in [-0.39, 0.29) is 0 Å². The molecule has 8 rings (SSSR count). The van der Waals surface area contributed by atoms with Gasteiger partial charge in [-0.3, -0.25) is 9.55 Å². The van der Waals surface area contributed by atoms with Crippen molar-refractivity contribution in [3.05, 3.63) is 108 Å². The lowest BCUT2D eigenvalue weighted by atomic mass is 10.0. The topological polar surface area (TPSA) is 56.5 Å². The molecule has 0 saturated carbocycles. The molecule has 0 N–H and O–H groups in total. The molecule has 0 atom stereocenters. The molecule has 1 aliphatic carbocycles. The van der Waals surface area contributed by atoms with Gasteiger partial charge in [-0.2, -0.15) is 9.97 Å². The maximum Gasteiger partial charge on any atom is 0.238 e. The van der Waals surface area contributed by atoms with Crippen molar-refractivity contribution >= 4 is 49.4 Å². The molecule has 0 amide bonds. The Morgan fingerprint density at radius 3 is 2.13 bits per heavy atom. The zero-order chi connectivity index (χ0) is 25.1. The number of benzene rings is 3. The molecule has 0 unspecified atom stereocenters. The summed E-state index contributed by atoms with van der Waals surface area (Å²) in [6.45, 7) is 0. The first-order valence-electron chi connectivity index (χ1n) is 12.7. The summed E-state index contributed by atoms with van der Waals surface area (Å²) in [6, 6.07) is 28.7. The molecule has 0 aliphatic heterocycles. The zero-order valence-corrected chi connectivity index (χ0v) is 21.2. The maximum absolute atomic E-state index is 5.02. The van der Waals surface area contributed by atoms with E-state index in [0.29, 0.717) is 17.6 Å². The summed E-state index contributed by atoms with van der Waals surface area (Å²) in [4.78, 5) is 21.3. The van der Waals surface area contributed by atoms with E-state index in [4.69, 9.17) is 19.9 Å². The number of hydrogen-bond acceptors (Lipinski definition) is 5. The van der Waals surface area contributed by atoms with Gasteiger partial charge in [0.15, 0.2) is 11.6 Å². The van der Waals surface area contributed by atoms with Crippen LogP contribution in [0.5, 0.6) is 0 Å². The number of nitrogens with zero attached hydrogens (tertiary/aromatic N) is 5. The van der Waals surface area contributed by atoms with Crippen LogP contribution in [0.1, 0.15) is 16.9 Å². The minimum Gasteiger partial charge on any atom is -0.276 e. The number of fused-ring (bicyclic) bond motifs is 7. The molecule has 38 heavy (non-hydrogen) atoms. The second-order valence-electron chi connectivity index (χ2n) is 9.45. The summed E-state index contributed by atoms with van der Waals surface area (Å²) in [5, 5.41) is 2.39. The monoisotopic (exact) mass is 507 g/mol. The van der Waals surface area contributed by atoms with Crippen molar-refractivity contribution in [1.82, 2.24) is 24.5 Å². The second kappa shape index (κ2) is 8.43. The Morgan fingerprint density at radius 2 is 1.39 bits per heavy atom. The van der Waals surface area contributed by atoms with Crippen molar-refractivity contribution in [3.63, 3.8) is 0 Å². The van der Waals surface area contributed by atoms with Crippen LogP contribution < -0.4 is 0 Å². The number of pyridine rings is 1. The van der Waals surface area contributed by atoms with E-state index in [9.17, 15) is 0 Å². The fourth-order valence-electron chi connectivity index (χ4n) is 5.43. The van der Waals surface area contributed by atoms with E-state index >= 15 is 0 Å². The van der Waals surface area contributed by atoms with Gasteiger partial charge >= 0.3 is 0 Å². The summed E-state index contributed by atoms with van der Waals surface area (Å²) in [7, 11) is 0. The van der Waals surface area contributed by atoms with Gasteiger partial charge in [-0.1, -0.05) is 84.9 Å². The quantitative estimate of drug-likeness (QED) is 0.244. The normalized spacial score (nSPS) is 12.9. The number of allylic oxidation sites excluding steroid dienone is 1. The average Bonchev–Trinajstić information content (AvgIpc) is 3.53. The lowest BCUT2D eigenvalue weighted by Crippen LogP contribution is -2.06. The molecular formula is C32H21N5S. The SMILES string of the molecule is C1=Cc2sc3c(ncc4c3c3ccccc3n4-c3nc(-c4ccccc4)nc(-c4ccccc4)n3)c2CC1. The van der Waals surface area contributed by atoms with E-state index in [0.717, 1.165) is 40.5 Å². The number of thiophene rings is 1. The molecule has 0 radical (unpaired) electrons. The molecule has 6 heteroatoms. The first-order chi connectivity index (χ1) is 18.8. The number of rotatable bonds is 3. The van der Waals surface area contributed by atoms with Crippen molar-refractivity contribution in [2.45, 2.75) is 12.8 Å². The lowest BCUT2D eigenvalue weighted by molar-refractivity contribution is 0.952. The van der Waals surface area contributed by atoms with Gasteiger partial charge in [-0.05, 0) is 30.5 Å². The highest BCUT2D eigenvalue weighted by Gasteiger charge is 2.22. The molecule has 1 aliphatic rings. The molecule has 0 fully saturated rings. The highest BCUT2D eigenvalue weighted by Crippen LogP contribution is 2.42. The van der Waals surface area contributed by atoms with Crippen LogP contribution in [-0.2, 0) is 6.42 Å². The summed E-state index contributed by atoms with van der Waals surface area (Å²) in [5.41, 5.74) is 6.45. The van der Waals surface area contributed by atoms with Gasteiger partial charge in [0.25, 0.3) is 0 Å². The van der Waals surface area contributed by atoms with E-state index in [2.05, 4.69) is 41.0 Å². The van der Waals surface area contributed by atoms with Crippen LogP contribution in [0.4, 0.5) is 0 Å². The summed E-state index contributed by atoms with van der Waals surface area (Å²) >= 11 is 1.84. The minimum atomic E-state index is 0.589. The van der Waals surface area contributed by atoms with Gasteiger partial charge in [-0.15, -0.1) is 11.3 Å². The molecule has 7 aromatic rings. The Labute approximate surface area is 222 Å². The van der Waals surface area contributed by atoms with Gasteiger partial charge in [-0.25, -0.2) is 4.98 Å². The third-order valence-electron chi connectivity index (χ3n) is 7.18. The Hall–Kier alpha value is -4.68. The average molecular weight is 508 g/mol. The summed E-state index contributed by atoms with van der Waals surface area (Å²) in [5.74, 6) is 1.88. The van der Waals surface area contributed by atoms with E-state index in [1.54, 1.807) is 0 Å². The summed E-state index contributed by atoms with van der Waals surface area (Å²) < 4.78 is 3.38. The van der Waals surface area contributed by atoms with Crippen LogP contribution >= 0.6 is 11.3 Å². The predicted octanol–water partition coefficient (Wildman–Crippen LogP) is 7.87. The number of aryl methyl sites for hydroxylation is 1. The standard InChI is InChI=1S/C32H21N5S/c1-3-11-20(12-4-1)30-34-31(21-13-5-2-6-14-21)36-32(35-30)37-24-17-9-7-15-22(24)27-25(37)19-33-28-23-16-8-10-18-26(23)38-29(27)28/h1-7,9-15,17-19H,8,16H2. The van der Waals surface area contributed by atoms with Gasteiger partial charge in [0, 0.05) is 26.8 Å². The first-order valence-corrected chi connectivity index (χ1v) is 13.5. The third-order valence-corrected chi connectivity index (χ3v) is 8.39. The van der Waals surface area contributed by atoms with Crippen molar-refractivity contribution in [2.75, 3.05) is 0 Å². The second-order valence-corrected chi connectivity index (χ2v) is 10.5. The van der Waals surface area contributed by atoms with E-state index < -0.39 is 0 Å². The molecule has 5 nitrogen and oxygen atoms in total. The van der Waals surface area contributed by atoms with Crippen LogP contribution in [0.15, 0.2) is 97.2 Å². The Morgan fingerprint density at radius 1 is 0.711 bits per heavy atom. The van der Waals surface area contributed by atoms with Gasteiger partial charge in [0.05, 0.1) is 27.4 Å². The van der Waals surface area contributed by atoms with Crippen molar-refractivity contribution < 1.29 is 0 Å². The molecule has 0 spiro atoms. The Bertz CT molecular complexity index is 1960. The molecular weight excluding hydrogens is 486 g/mol. The minimum absolute atomic E-state index is 0.589. The number of aromatic nitrogens is 5. The van der Waals surface area contributed by atoms with Crippen LogP contribution in [0.3, 0.4) is 0 Å². The number of para-hydroxylation sites is 1. The fraction of sp³-hybridized carbons (Fsp3) is 0.0625. The van der Waals surface area contributed by atoms with Gasteiger partial charge in [0.2, 0.25) is 5.95 Å². The molecule has 0 bridgehead atoms. The number of hydrogen-bond donors (Lipinski definition) is 0. The predicted molar refractivity (Wildman–Crippen MR) is 156 cm³/mol. The van der Waals surface area contributed by atoms with Crippen LogP contribution in [0.2, 0.25) is 0 Å². The van der Waals surface area contributed by atoms with E-state index in [1.165, 1.54) is 25.9 Å². The molecule has 180 valence electrons. The molecule has 3 aromatic carbocycles. The van der Waals surface area contributed by atoms with Gasteiger partial charge < -0.3 is 0 Å². The van der Waals surface area contributed by atoms with Crippen molar-refractivity contribution in [3.8, 4) is 28.7 Å². The van der Waals surface area contributed by atoms with Crippen LogP contribution in [-0.4, -0.2) is 24.5 Å². The van der Waals surface area contributed by atoms with Crippen LogP contribution in [0.25, 0.3) is 66.8 Å². The van der Waals surface area contributed by atoms with Crippen molar-refractivity contribution in [1.29, 1.82) is 0 Å². The van der Waals surface area contributed by atoms with Gasteiger partial charge in [0.1, 0.15) is 0 Å². The Balaban J connectivity index is 1.47. The molecule has 4 aromatic heterocycles.